The monoisotopic (exact) mass is 334 g/mol. The molecule has 1 heterocycles. The van der Waals surface area contributed by atoms with E-state index in [1.807, 2.05) is 56.3 Å². The zero-order valence-corrected chi connectivity index (χ0v) is 14.8. The molecule has 0 saturated carbocycles. The quantitative estimate of drug-likeness (QED) is 0.559. The Morgan fingerprint density at radius 2 is 1.88 bits per heavy atom. The summed E-state index contributed by atoms with van der Waals surface area (Å²) in [5.41, 5.74) is 6.40. The fourth-order valence-electron chi connectivity index (χ4n) is 2.70. The number of fused-ring (bicyclic) bond motifs is 1. The van der Waals surface area contributed by atoms with Crippen LogP contribution in [-0.4, -0.2) is 15.3 Å². The Kier molecular flexibility index (Phi) is 4.93. The van der Waals surface area contributed by atoms with Crippen molar-refractivity contribution in [3.63, 3.8) is 0 Å². The number of hydrazone groups is 1. The van der Waals surface area contributed by atoms with Crippen molar-refractivity contribution in [3.05, 3.63) is 64.4 Å². The van der Waals surface area contributed by atoms with Crippen LogP contribution in [0.2, 0.25) is 0 Å². The lowest BCUT2D eigenvalue weighted by Crippen LogP contribution is -2.23. The van der Waals surface area contributed by atoms with Gasteiger partial charge >= 0.3 is 0 Å². The molecular weight excluding hydrogens is 312 g/mol. The molecule has 0 bridgehead atoms. The third-order valence-electron chi connectivity index (χ3n) is 4.03. The molecular formula is C20H22N4O. The molecule has 0 unspecified atom stereocenters. The van der Waals surface area contributed by atoms with Crippen molar-refractivity contribution < 1.29 is 0 Å². The highest BCUT2D eigenvalue weighted by Crippen LogP contribution is 2.17. The van der Waals surface area contributed by atoms with E-state index in [9.17, 15) is 4.79 Å². The van der Waals surface area contributed by atoms with Gasteiger partial charge < -0.3 is 0 Å². The molecule has 0 aliphatic carbocycles. The Labute approximate surface area is 147 Å². The smallest absolute Gasteiger partial charge is 0.267 e. The van der Waals surface area contributed by atoms with Crippen LogP contribution >= 0.6 is 0 Å². The van der Waals surface area contributed by atoms with Gasteiger partial charge in [0.1, 0.15) is 0 Å². The van der Waals surface area contributed by atoms with Crippen LogP contribution in [0.25, 0.3) is 16.6 Å². The second-order valence-electron chi connectivity index (χ2n) is 6.14. The number of hydrogen-bond donors (Lipinski definition) is 1. The number of hydrogen-bond acceptors (Lipinski definition) is 4. The summed E-state index contributed by atoms with van der Waals surface area (Å²) in [5.74, 6) is 0.419. The first-order valence-corrected chi connectivity index (χ1v) is 8.48. The van der Waals surface area contributed by atoms with Gasteiger partial charge in [0.05, 0.1) is 16.6 Å². The number of aromatic nitrogens is 2. The number of nitrogens with zero attached hydrogens (tertiary/aromatic N) is 3. The maximum atomic E-state index is 13.0. The molecule has 1 N–H and O–H groups in total. The van der Waals surface area contributed by atoms with Gasteiger partial charge in [0.25, 0.3) is 5.56 Å². The molecule has 0 fully saturated rings. The number of anilines is 1. The van der Waals surface area contributed by atoms with Crippen LogP contribution in [0.4, 0.5) is 5.95 Å². The van der Waals surface area contributed by atoms with Crippen LogP contribution in [0.5, 0.6) is 0 Å². The standard InChI is InChI=1S/C20H22N4O/c1-4-7-15(3)22-23-20-21-18-9-6-5-8-17(18)19(25)24(20)16-12-10-14(2)11-13-16/h5-6,8-13H,4,7H2,1-3H3,(H,21,23)/b22-15+. The largest absolute Gasteiger partial charge is 0.268 e. The highest BCUT2D eigenvalue weighted by Gasteiger charge is 2.12. The molecule has 0 spiro atoms. The summed E-state index contributed by atoms with van der Waals surface area (Å²) in [4.78, 5) is 17.7. The van der Waals surface area contributed by atoms with E-state index < -0.39 is 0 Å². The molecule has 3 rings (SSSR count). The van der Waals surface area contributed by atoms with Gasteiger partial charge in [-0.15, -0.1) is 0 Å². The minimum Gasteiger partial charge on any atom is -0.268 e. The SMILES string of the molecule is CCC/C(C)=N/Nc1nc2ccccc2c(=O)n1-c1ccc(C)cc1. The zero-order valence-electron chi connectivity index (χ0n) is 14.8. The molecule has 5 nitrogen and oxygen atoms in total. The summed E-state index contributed by atoms with van der Waals surface area (Å²) in [6, 6.07) is 15.2. The lowest BCUT2D eigenvalue weighted by Gasteiger charge is -2.13. The van der Waals surface area contributed by atoms with Crippen molar-refractivity contribution in [1.29, 1.82) is 0 Å². The lowest BCUT2D eigenvalue weighted by molar-refractivity contribution is 0.943. The number of rotatable bonds is 5. The van der Waals surface area contributed by atoms with E-state index >= 15 is 0 Å². The summed E-state index contributed by atoms with van der Waals surface area (Å²) in [5, 5.41) is 4.97. The molecule has 25 heavy (non-hydrogen) atoms. The van der Waals surface area contributed by atoms with Gasteiger partial charge in [-0.3, -0.25) is 4.79 Å². The van der Waals surface area contributed by atoms with Gasteiger partial charge in [0.15, 0.2) is 0 Å². The fourth-order valence-corrected chi connectivity index (χ4v) is 2.70. The molecule has 0 aliphatic rings. The third kappa shape index (κ3) is 3.60. The summed E-state index contributed by atoms with van der Waals surface area (Å²) < 4.78 is 1.57. The number of para-hydroxylation sites is 1. The Morgan fingerprint density at radius 1 is 1.16 bits per heavy atom. The van der Waals surface area contributed by atoms with Gasteiger partial charge in [0, 0.05) is 5.71 Å². The topological polar surface area (TPSA) is 59.3 Å². The number of benzene rings is 2. The Hall–Kier alpha value is -2.95. The van der Waals surface area contributed by atoms with Gasteiger partial charge in [-0.05, 0) is 44.5 Å². The fraction of sp³-hybridized carbons (Fsp3) is 0.250. The van der Waals surface area contributed by atoms with E-state index in [0.717, 1.165) is 29.8 Å². The lowest BCUT2D eigenvalue weighted by atomic mass is 10.2. The average Bonchev–Trinajstić information content (AvgIpc) is 2.61. The van der Waals surface area contributed by atoms with E-state index in [2.05, 4.69) is 22.4 Å². The molecule has 2 aromatic carbocycles. The Morgan fingerprint density at radius 3 is 2.60 bits per heavy atom. The summed E-state index contributed by atoms with van der Waals surface area (Å²) >= 11 is 0. The molecule has 1 aromatic heterocycles. The van der Waals surface area contributed by atoms with E-state index in [0.29, 0.717) is 16.9 Å². The first kappa shape index (κ1) is 16.9. The van der Waals surface area contributed by atoms with Gasteiger partial charge in [-0.1, -0.05) is 43.2 Å². The van der Waals surface area contributed by atoms with Crippen LogP contribution < -0.4 is 11.0 Å². The molecule has 0 aliphatic heterocycles. The van der Waals surface area contributed by atoms with Gasteiger partial charge in [-0.25, -0.2) is 15.0 Å². The first-order chi connectivity index (χ1) is 12.1. The van der Waals surface area contributed by atoms with E-state index in [4.69, 9.17) is 0 Å². The van der Waals surface area contributed by atoms with Crippen molar-refractivity contribution in [1.82, 2.24) is 9.55 Å². The average molecular weight is 334 g/mol. The summed E-state index contributed by atoms with van der Waals surface area (Å²) in [6.07, 6.45) is 1.92. The molecule has 0 radical (unpaired) electrons. The van der Waals surface area contributed by atoms with Crippen LogP contribution in [0.3, 0.4) is 0 Å². The Balaban J connectivity index is 2.19. The minimum absolute atomic E-state index is 0.111. The maximum absolute atomic E-state index is 13.0. The van der Waals surface area contributed by atoms with Gasteiger partial charge in [-0.2, -0.15) is 5.10 Å². The van der Waals surface area contributed by atoms with E-state index in [1.54, 1.807) is 10.6 Å². The first-order valence-electron chi connectivity index (χ1n) is 8.48. The normalized spacial score (nSPS) is 11.7. The summed E-state index contributed by atoms with van der Waals surface area (Å²) in [6.45, 7) is 6.09. The van der Waals surface area contributed by atoms with Crippen molar-refractivity contribution in [2.75, 3.05) is 5.43 Å². The van der Waals surface area contributed by atoms with Crippen LogP contribution in [0.15, 0.2) is 58.4 Å². The molecule has 3 aromatic rings. The van der Waals surface area contributed by atoms with Crippen LogP contribution in [-0.2, 0) is 0 Å². The van der Waals surface area contributed by atoms with E-state index in [-0.39, 0.29) is 5.56 Å². The van der Waals surface area contributed by atoms with Crippen molar-refractivity contribution in [2.24, 2.45) is 5.10 Å². The molecule has 0 amide bonds. The van der Waals surface area contributed by atoms with E-state index in [1.165, 1.54) is 0 Å². The molecule has 0 saturated heterocycles. The van der Waals surface area contributed by atoms with Crippen LogP contribution in [0.1, 0.15) is 32.3 Å². The minimum atomic E-state index is -0.111. The van der Waals surface area contributed by atoms with Crippen molar-refractivity contribution in [3.8, 4) is 5.69 Å². The second kappa shape index (κ2) is 7.30. The van der Waals surface area contributed by atoms with Crippen molar-refractivity contribution in [2.45, 2.75) is 33.6 Å². The van der Waals surface area contributed by atoms with Crippen molar-refractivity contribution >= 4 is 22.6 Å². The maximum Gasteiger partial charge on any atom is 0.267 e. The zero-order chi connectivity index (χ0) is 17.8. The highest BCUT2D eigenvalue weighted by atomic mass is 16.1. The summed E-state index contributed by atoms with van der Waals surface area (Å²) in [7, 11) is 0. The van der Waals surface area contributed by atoms with Crippen LogP contribution in [0, 0.1) is 6.92 Å². The Bertz CT molecular complexity index is 971. The highest BCUT2D eigenvalue weighted by molar-refractivity contribution is 5.83. The number of nitrogens with one attached hydrogen (secondary N) is 1. The molecule has 0 atom stereocenters. The van der Waals surface area contributed by atoms with Gasteiger partial charge in [0.2, 0.25) is 5.95 Å². The predicted molar refractivity (Wildman–Crippen MR) is 104 cm³/mol. The molecule has 5 heteroatoms. The second-order valence-corrected chi connectivity index (χ2v) is 6.14. The third-order valence-corrected chi connectivity index (χ3v) is 4.03. The predicted octanol–water partition coefficient (Wildman–Crippen LogP) is 4.28. The number of aryl methyl sites for hydroxylation is 1. The molecule has 128 valence electrons.